The van der Waals surface area contributed by atoms with Gasteiger partial charge >= 0.3 is 0 Å². The van der Waals surface area contributed by atoms with Crippen molar-refractivity contribution in [2.24, 2.45) is 0 Å². The number of halogens is 1. The molecule has 1 unspecified atom stereocenters. The summed E-state index contributed by atoms with van der Waals surface area (Å²) in [6.45, 7) is 5.58. The Labute approximate surface area is 154 Å². The number of hydrogen-bond acceptors (Lipinski definition) is 3. The second-order valence-corrected chi connectivity index (χ2v) is 6.97. The van der Waals surface area contributed by atoms with E-state index in [2.05, 4.69) is 21.0 Å². The van der Waals surface area contributed by atoms with Gasteiger partial charge < -0.3 is 36.0 Å². The summed E-state index contributed by atoms with van der Waals surface area (Å²) in [5.41, 5.74) is 0. The topological polar surface area (TPSA) is 38.7 Å². The van der Waals surface area contributed by atoms with Gasteiger partial charge in [0.25, 0.3) is 0 Å². The summed E-state index contributed by atoms with van der Waals surface area (Å²) in [5.74, 6) is 0. The molecule has 0 rings (SSSR count). The number of methoxy groups -OCH3 is 1. The fourth-order valence-corrected chi connectivity index (χ4v) is 2.66. The van der Waals surface area contributed by atoms with Gasteiger partial charge in [-0.1, -0.05) is 51.9 Å². The van der Waals surface area contributed by atoms with Crippen LogP contribution >= 0.6 is 0 Å². The minimum absolute atomic E-state index is 0. The molecule has 4 nitrogen and oxygen atoms in total. The highest BCUT2D eigenvalue weighted by molar-refractivity contribution is 4.55. The molecule has 23 heavy (non-hydrogen) atoms. The lowest BCUT2D eigenvalue weighted by Crippen LogP contribution is -3.00. The van der Waals surface area contributed by atoms with E-state index in [4.69, 9.17) is 14.6 Å². The van der Waals surface area contributed by atoms with Crippen molar-refractivity contribution in [1.82, 2.24) is 0 Å². The Hall–Kier alpha value is 0.320. The standard InChI is InChI=1S/C18H40NO3.BrH/c1-5-6-7-8-9-10-11-12-15-22-17-18(21-4)16-19(2,3)13-14-20;/h18,20H,5-17H2,1-4H3;1H/q+1;/p-1. The fraction of sp³-hybridized carbons (Fsp3) is 1.00. The van der Waals surface area contributed by atoms with Crippen LogP contribution in [0.3, 0.4) is 0 Å². The van der Waals surface area contributed by atoms with Gasteiger partial charge in [-0.05, 0) is 6.42 Å². The molecule has 0 aliphatic rings. The number of likely N-dealkylation sites (N-methyl/N-ethyl adjacent to an activating group) is 1. The lowest BCUT2D eigenvalue weighted by molar-refractivity contribution is -0.893. The quantitative estimate of drug-likeness (QED) is 0.299. The predicted octanol–water partition coefficient (Wildman–Crippen LogP) is 0.231. The first kappa shape index (κ1) is 25.6. The van der Waals surface area contributed by atoms with Crippen LogP contribution in [0, 0.1) is 0 Å². The Morgan fingerprint density at radius 2 is 1.52 bits per heavy atom. The van der Waals surface area contributed by atoms with Gasteiger partial charge in [0.05, 0.1) is 27.3 Å². The highest BCUT2D eigenvalue weighted by atomic mass is 79.9. The van der Waals surface area contributed by atoms with Gasteiger partial charge in [-0.3, -0.25) is 0 Å². The van der Waals surface area contributed by atoms with E-state index in [1.165, 1.54) is 44.9 Å². The maximum atomic E-state index is 9.06. The van der Waals surface area contributed by atoms with Gasteiger partial charge in [-0.2, -0.15) is 0 Å². The molecule has 0 aromatic heterocycles. The SMILES string of the molecule is CCCCCCCCCCOCC(C[N+](C)(C)CCO)OC.[Br-]. The van der Waals surface area contributed by atoms with Gasteiger partial charge in [0.2, 0.25) is 0 Å². The molecule has 0 fully saturated rings. The lowest BCUT2D eigenvalue weighted by atomic mass is 10.1. The number of ether oxygens (including phenoxy) is 2. The second-order valence-electron chi connectivity index (χ2n) is 6.97. The maximum Gasteiger partial charge on any atom is 0.129 e. The van der Waals surface area contributed by atoms with Gasteiger partial charge in [-0.15, -0.1) is 0 Å². The molecule has 0 bridgehead atoms. The minimum atomic E-state index is 0. The highest BCUT2D eigenvalue weighted by Gasteiger charge is 2.21. The van der Waals surface area contributed by atoms with Crippen LogP contribution in [-0.2, 0) is 9.47 Å². The first-order valence-corrected chi connectivity index (χ1v) is 9.09. The van der Waals surface area contributed by atoms with Crippen LogP contribution in [0.2, 0.25) is 0 Å². The van der Waals surface area contributed by atoms with Crippen molar-refractivity contribution < 1.29 is 36.0 Å². The molecule has 0 aromatic rings. The van der Waals surface area contributed by atoms with Crippen molar-refractivity contribution in [1.29, 1.82) is 0 Å². The predicted molar refractivity (Wildman–Crippen MR) is 93.2 cm³/mol. The molecule has 1 atom stereocenters. The van der Waals surface area contributed by atoms with Gasteiger partial charge in [-0.25, -0.2) is 0 Å². The van der Waals surface area contributed by atoms with E-state index in [9.17, 15) is 0 Å². The molecule has 0 radical (unpaired) electrons. The molecule has 0 heterocycles. The lowest BCUT2D eigenvalue weighted by Gasteiger charge is -2.32. The molecule has 0 saturated carbocycles. The van der Waals surface area contributed by atoms with E-state index in [0.717, 1.165) is 30.6 Å². The molecular formula is C18H40BrNO3. The Morgan fingerprint density at radius 1 is 0.957 bits per heavy atom. The van der Waals surface area contributed by atoms with Gasteiger partial charge in [0.1, 0.15) is 19.2 Å². The molecule has 0 aromatic carbocycles. The van der Waals surface area contributed by atoms with E-state index in [1.54, 1.807) is 7.11 Å². The van der Waals surface area contributed by atoms with Crippen LogP contribution in [0.5, 0.6) is 0 Å². The van der Waals surface area contributed by atoms with Crippen molar-refractivity contribution in [3.63, 3.8) is 0 Å². The summed E-state index contributed by atoms with van der Waals surface area (Å²) >= 11 is 0. The van der Waals surface area contributed by atoms with Crippen LogP contribution in [-0.4, -0.2) is 69.8 Å². The first-order valence-electron chi connectivity index (χ1n) is 9.09. The van der Waals surface area contributed by atoms with Crippen LogP contribution in [0.1, 0.15) is 58.3 Å². The normalized spacial score (nSPS) is 12.9. The third kappa shape index (κ3) is 16.9. The van der Waals surface area contributed by atoms with Crippen LogP contribution in [0.15, 0.2) is 0 Å². The zero-order valence-electron chi connectivity index (χ0n) is 15.9. The summed E-state index contributed by atoms with van der Waals surface area (Å²) in [6, 6.07) is 0. The molecular weight excluding hydrogens is 358 g/mol. The van der Waals surface area contributed by atoms with Crippen molar-refractivity contribution in [2.75, 3.05) is 54.1 Å². The Balaban J connectivity index is 0. The van der Waals surface area contributed by atoms with Crippen molar-refractivity contribution in [3.05, 3.63) is 0 Å². The van der Waals surface area contributed by atoms with Gasteiger partial charge in [0.15, 0.2) is 0 Å². The largest absolute Gasteiger partial charge is 1.00 e. The minimum Gasteiger partial charge on any atom is -1.00 e. The first-order chi connectivity index (χ1) is 10.6. The fourth-order valence-electron chi connectivity index (χ4n) is 2.66. The van der Waals surface area contributed by atoms with Crippen LogP contribution in [0.4, 0.5) is 0 Å². The number of rotatable bonds is 16. The number of aliphatic hydroxyl groups is 1. The average Bonchev–Trinajstić information content (AvgIpc) is 2.47. The molecule has 0 aliphatic carbocycles. The van der Waals surface area contributed by atoms with E-state index < -0.39 is 0 Å². The summed E-state index contributed by atoms with van der Waals surface area (Å²) < 4.78 is 12.0. The maximum absolute atomic E-state index is 9.06. The Morgan fingerprint density at radius 3 is 2.04 bits per heavy atom. The molecule has 0 amide bonds. The number of quaternary nitrogens is 1. The molecule has 1 N–H and O–H groups in total. The summed E-state index contributed by atoms with van der Waals surface area (Å²) in [5, 5.41) is 9.06. The van der Waals surface area contributed by atoms with E-state index in [-0.39, 0.29) is 29.7 Å². The Kier molecular flexibility index (Phi) is 19.1. The summed E-state index contributed by atoms with van der Waals surface area (Å²) in [6.07, 6.45) is 10.7. The monoisotopic (exact) mass is 397 g/mol. The number of unbranched alkanes of at least 4 members (excludes halogenated alkanes) is 7. The second kappa shape index (κ2) is 17.2. The number of aliphatic hydroxyl groups excluding tert-OH is 1. The smallest absolute Gasteiger partial charge is 0.129 e. The number of hydrogen-bond donors (Lipinski definition) is 1. The molecule has 5 heteroatoms. The van der Waals surface area contributed by atoms with Crippen LogP contribution < -0.4 is 17.0 Å². The van der Waals surface area contributed by atoms with Crippen LogP contribution in [0.25, 0.3) is 0 Å². The van der Waals surface area contributed by atoms with Gasteiger partial charge in [0, 0.05) is 13.7 Å². The van der Waals surface area contributed by atoms with Crippen molar-refractivity contribution in [2.45, 2.75) is 64.4 Å². The van der Waals surface area contributed by atoms with E-state index in [0.29, 0.717) is 6.61 Å². The highest BCUT2D eigenvalue weighted by Crippen LogP contribution is 2.09. The summed E-state index contributed by atoms with van der Waals surface area (Å²) in [7, 11) is 5.96. The van der Waals surface area contributed by atoms with Crippen molar-refractivity contribution >= 4 is 0 Å². The molecule has 0 aliphatic heterocycles. The summed E-state index contributed by atoms with van der Waals surface area (Å²) in [4.78, 5) is 0. The third-order valence-corrected chi connectivity index (χ3v) is 4.18. The zero-order chi connectivity index (χ0) is 16.7. The molecule has 142 valence electrons. The molecule has 0 saturated heterocycles. The molecule has 0 spiro atoms. The average molecular weight is 398 g/mol. The van der Waals surface area contributed by atoms with E-state index in [1.807, 2.05) is 0 Å². The third-order valence-electron chi connectivity index (χ3n) is 4.18. The Bertz CT molecular complexity index is 240. The zero-order valence-corrected chi connectivity index (χ0v) is 17.4. The van der Waals surface area contributed by atoms with Crippen molar-refractivity contribution in [3.8, 4) is 0 Å². The number of nitrogens with zero attached hydrogens (tertiary/aromatic N) is 1. The van der Waals surface area contributed by atoms with E-state index >= 15 is 0 Å².